The number of carbonyl (C=O) groups excluding carboxylic acids is 1. The summed E-state index contributed by atoms with van der Waals surface area (Å²) in [4.78, 5) is 10.6. The molecule has 0 bridgehead atoms. The van der Waals surface area contributed by atoms with Crippen LogP contribution in [0.1, 0.15) is 0 Å². The van der Waals surface area contributed by atoms with Crippen molar-refractivity contribution in [2.75, 3.05) is 7.11 Å². The molecule has 0 spiro atoms. The Balaban J connectivity index is 2.54. The Labute approximate surface area is 58.5 Å². The van der Waals surface area contributed by atoms with Gasteiger partial charge in [0.1, 0.15) is 0 Å². The molecule has 1 aliphatic rings. The van der Waals surface area contributed by atoms with Crippen LogP contribution in [-0.4, -0.2) is 13.1 Å². The summed E-state index contributed by atoms with van der Waals surface area (Å²) in [5.41, 5.74) is 6.12. The lowest BCUT2D eigenvalue weighted by Gasteiger charge is -1.96. The zero-order valence-electron chi connectivity index (χ0n) is 5.55. The van der Waals surface area contributed by atoms with Crippen molar-refractivity contribution in [2.24, 2.45) is 0 Å². The molecule has 1 aliphatic heterocycles. The van der Waals surface area contributed by atoms with Gasteiger partial charge in [-0.2, -0.15) is 0 Å². The molecule has 0 aliphatic carbocycles. The van der Waals surface area contributed by atoms with Crippen LogP contribution in [0.5, 0.6) is 0 Å². The lowest BCUT2D eigenvalue weighted by Crippen LogP contribution is -2.19. The quantitative estimate of drug-likeness (QED) is 0.386. The second kappa shape index (κ2) is 2.91. The Kier molecular flexibility index (Phi) is 1.94. The van der Waals surface area contributed by atoms with E-state index in [0.717, 1.165) is 0 Å². The largest absolute Gasteiger partial charge is 0.466 e. The van der Waals surface area contributed by atoms with E-state index in [4.69, 9.17) is 0 Å². The molecule has 0 saturated heterocycles. The van der Waals surface area contributed by atoms with Crippen LogP contribution in [0, 0.1) is 0 Å². The average Bonchev–Trinajstić information content (AvgIpc) is 2.40. The zero-order valence-corrected chi connectivity index (χ0v) is 5.55. The predicted molar refractivity (Wildman–Crippen MR) is 35.5 cm³/mol. The van der Waals surface area contributed by atoms with Gasteiger partial charge in [-0.05, 0) is 6.08 Å². The highest BCUT2D eigenvalue weighted by atomic mass is 16.5. The summed E-state index contributed by atoms with van der Waals surface area (Å²) in [6, 6.07) is 0. The second-order valence-corrected chi connectivity index (χ2v) is 1.73. The van der Waals surface area contributed by atoms with Crippen molar-refractivity contribution in [3.8, 4) is 0 Å². The molecule has 10 heavy (non-hydrogen) atoms. The molecule has 4 heteroatoms. The normalized spacial score (nSPS) is 18.3. The van der Waals surface area contributed by atoms with Crippen LogP contribution >= 0.6 is 0 Å². The van der Waals surface area contributed by atoms with E-state index in [2.05, 4.69) is 15.6 Å². The smallest absolute Gasteiger partial charge is 0.332 e. The number of hydrogen-bond acceptors (Lipinski definition) is 4. The van der Waals surface area contributed by atoms with Gasteiger partial charge in [0.2, 0.25) is 0 Å². The molecule has 1 heterocycles. The summed E-state index contributed by atoms with van der Waals surface area (Å²) in [6.45, 7) is 0. The first-order valence-electron chi connectivity index (χ1n) is 2.80. The SMILES string of the molecule is COC(=O)C=C1C=CNN1. The van der Waals surface area contributed by atoms with Crippen molar-refractivity contribution < 1.29 is 9.53 Å². The van der Waals surface area contributed by atoms with E-state index in [1.165, 1.54) is 13.2 Å². The Morgan fingerprint density at radius 2 is 2.60 bits per heavy atom. The number of hydrogen-bond donors (Lipinski definition) is 2. The number of hydrazine groups is 1. The van der Waals surface area contributed by atoms with E-state index < -0.39 is 0 Å². The number of nitrogens with one attached hydrogen (secondary N) is 2. The molecule has 0 aromatic heterocycles. The minimum Gasteiger partial charge on any atom is -0.466 e. The summed E-state index contributed by atoms with van der Waals surface area (Å²) in [5, 5.41) is 0. The van der Waals surface area contributed by atoms with E-state index in [1.807, 2.05) is 0 Å². The van der Waals surface area contributed by atoms with E-state index in [1.54, 1.807) is 12.3 Å². The van der Waals surface area contributed by atoms with Gasteiger partial charge in [0.05, 0.1) is 12.8 Å². The number of esters is 1. The molecule has 0 fully saturated rings. The van der Waals surface area contributed by atoms with Crippen LogP contribution in [0.25, 0.3) is 0 Å². The molecule has 0 unspecified atom stereocenters. The fourth-order valence-electron chi connectivity index (χ4n) is 0.568. The van der Waals surface area contributed by atoms with Crippen LogP contribution < -0.4 is 10.9 Å². The van der Waals surface area contributed by atoms with Crippen LogP contribution in [-0.2, 0) is 9.53 Å². The van der Waals surface area contributed by atoms with Gasteiger partial charge in [0.25, 0.3) is 0 Å². The van der Waals surface area contributed by atoms with Gasteiger partial charge < -0.3 is 15.6 Å². The van der Waals surface area contributed by atoms with Crippen molar-refractivity contribution in [1.82, 2.24) is 10.9 Å². The summed E-state index contributed by atoms with van der Waals surface area (Å²) in [5.74, 6) is -0.365. The molecule has 1 rings (SSSR count). The van der Waals surface area contributed by atoms with Crippen molar-refractivity contribution in [2.45, 2.75) is 0 Å². The van der Waals surface area contributed by atoms with Gasteiger partial charge in [-0.3, -0.25) is 0 Å². The Hall–Kier alpha value is -1.45. The van der Waals surface area contributed by atoms with Crippen molar-refractivity contribution >= 4 is 5.97 Å². The maximum absolute atomic E-state index is 10.6. The molecule has 0 saturated carbocycles. The number of ether oxygens (including phenoxy) is 1. The molecular weight excluding hydrogens is 132 g/mol. The monoisotopic (exact) mass is 140 g/mol. The van der Waals surface area contributed by atoms with Gasteiger partial charge in [0.15, 0.2) is 0 Å². The Morgan fingerprint density at radius 3 is 3.10 bits per heavy atom. The van der Waals surface area contributed by atoms with Crippen molar-refractivity contribution in [3.63, 3.8) is 0 Å². The van der Waals surface area contributed by atoms with Gasteiger partial charge >= 0.3 is 5.97 Å². The summed E-state index contributed by atoms with van der Waals surface area (Å²) in [7, 11) is 1.34. The third kappa shape index (κ3) is 1.51. The molecule has 0 aromatic carbocycles. The molecular formula is C6H8N2O2. The predicted octanol–water partition coefficient (Wildman–Crippen LogP) is -0.335. The first kappa shape index (κ1) is 6.67. The third-order valence-electron chi connectivity index (χ3n) is 1.04. The minimum absolute atomic E-state index is 0.365. The summed E-state index contributed by atoms with van der Waals surface area (Å²) < 4.78 is 4.40. The van der Waals surface area contributed by atoms with Crippen LogP contribution in [0.4, 0.5) is 0 Å². The fraction of sp³-hybridized carbons (Fsp3) is 0.167. The Bertz CT molecular complexity index is 196. The van der Waals surface area contributed by atoms with Gasteiger partial charge in [-0.25, -0.2) is 4.79 Å². The van der Waals surface area contributed by atoms with Crippen LogP contribution in [0.2, 0.25) is 0 Å². The van der Waals surface area contributed by atoms with Crippen LogP contribution in [0.15, 0.2) is 24.0 Å². The fourth-order valence-corrected chi connectivity index (χ4v) is 0.568. The van der Waals surface area contributed by atoms with Gasteiger partial charge in [-0.15, -0.1) is 0 Å². The highest BCUT2D eigenvalue weighted by Gasteiger charge is 1.99. The van der Waals surface area contributed by atoms with E-state index in [9.17, 15) is 4.79 Å². The lowest BCUT2D eigenvalue weighted by molar-refractivity contribution is -0.134. The molecule has 4 nitrogen and oxygen atoms in total. The summed E-state index contributed by atoms with van der Waals surface area (Å²) in [6.07, 6.45) is 4.78. The van der Waals surface area contributed by atoms with Crippen LogP contribution in [0.3, 0.4) is 0 Å². The number of methoxy groups -OCH3 is 1. The topological polar surface area (TPSA) is 50.4 Å². The van der Waals surface area contributed by atoms with E-state index in [-0.39, 0.29) is 5.97 Å². The highest BCUT2D eigenvalue weighted by Crippen LogP contribution is 1.94. The minimum atomic E-state index is -0.365. The average molecular weight is 140 g/mol. The molecule has 0 radical (unpaired) electrons. The lowest BCUT2D eigenvalue weighted by atomic mass is 10.4. The molecule has 0 aromatic rings. The first-order chi connectivity index (χ1) is 4.83. The standard InChI is InChI=1S/C6H8N2O2/c1-10-6(9)4-5-2-3-7-8-5/h2-4,7-8H,1H3. The number of allylic oxidation sites excluding steroid dienone is 1. The van der Waals surface area contributed by atoms with E-state index >= 15 is 0 Å². The molecule has 0 amide bonds. The maximum atomic E-state index is 10.6. The molecule has 0 atom stereocenters. The number of carbonyl (C=O) groups is 1. The molecule has 2 N–H and O–H groups in total. The summed E-state index contributed by atoms with van der Waals surface area (Å²) >= 11 is 0. The molecule has 54 valence electrons. The Morgan fingerprint density at radius 1 is 1.80 bits per heavy atom. The van der Waals surface area contributed by atoms with E-state index in [0.29, 0.717) is 5.70 Å². The third-order valence-corrected chi connectivity index (χ3v) is 1.04. The highest BCUT2D eigenvalue weighted by molar-refractivity contribution is 5.83. The van der Waals surface area contributed by atoms with Crippen molar-refractivity contribution in [3.05, 3.63) is 24.0 Å². The van der Waals surface area contributed by atoms with Gasteiger partial charge in [-0.1, -0.05) is 0 Å². The van der Waals surface area contributed by atoms with Gasteiger partial charge in [0, 0.05) is 12.3 Å². The first-order valence-corrected chi connectivity index (χ1v) is 2.80. The number of rotatable bonds is 1. The zero-order chi connectivity index (χ0) is 7.40. The second-order valence-electron chi connectivity index (χ2n) is 1.73. The maximum Gasteiger partial charge on any atom is 0.332 e. The van der Waals surface area contributed by atoms with Crippen molar-refractivity contribution in [1.29, 1.82) is 0 Å².